The maximum absolute atomic E-state index is 5.87. The van der Waals surface area contributed by atoms with Crippen LogP contribution in [0.1, 0.15) is 12.6 Å². The van der Waals surface area contributed by atoms with Gasteiger partial charge in [-0.25, -0.2) is 9.97 Å². The Labute approximate surface area is 106 Å². The van der Waals surface area contributed by atoms with Crippen molar-refractivity contribution in [1.82, 2.24) is 9.97 Å². The molecule has 3 nitrogen and oxygen atoms in total. The molecule has 0 unspecified atom stereocenters. The smallest absolute Gasteiger partial charge is 0.223 e. The number of rotatable bonds is 3. The number of hydrogen-bond donors (Lipinski definition) is 1. The van der Waals surface area contributed by atoms with Gasteiger partial charge in [0.25, 0.3) is 0 Å². The van der Waals surface area contributed by atoms with Gasteiger partial charge in [0.05, 0.1) is 5.69 Å². The first kappa shape index (κ1) is 11.9. The predicted octanol–water partition coefficient (Wildman–Crippen LogP) is 3.54. The first-order valence-electron chi connectivity index (χ1n) is 5.54. The fourth-order valence-electron chi connectivity index (χ4n) is 1.57. The summed E-state index contributed by atoms with van der Waals surface area (Å²) in [5, 5.41) is 3.85. The molecule has 0 amide bonds. The van der Waals surface area contributed by atoms with E-state index in [0.717, 1.165) is 28.5 Å². The number of aromatic nitrogens is 2. The van der Waals surface area contributed by atoms with Gasteiger partial charge in [0.2, 0.25) is 5.95 Å². The van der Waals surface area contributed by atoms with Crippen molar-refractivity contribution in [3.63, 3.8) is 0 Å². The van der Waals surface area contributed by atoms with E-state index in [9.17, 15) is 0 Å². The molecule has 0 spiro atoms. The minimum absolute atomic E-state index is 0.664. The van der Waals surface area contributed by atoms with Crippen LogP contribution in [-0.4, -0.2) is 16.5 Å². The van der Waals surface area contributed by atoms with E-state index in [1.54, 1.807) is 0 Å². The van der Waals surface area contributed by atoms with Crippen LogP contribution in [0, 0.1) is 6.92 Å². The fourth-order valence-corrected chi connectivity index (χ4v) is 1.70. The standard InChI is InChI=1S/C13H14ClN3/c1-3-15-13-16-9(2)8-12(17-13)10-4-6-11(14)7-5-10/h4-8H,3H2,1-2H3,(H,15,16,17). The molecule has 0 saturated carbocycles. The quantitative estimate of drug-likeness (QED) is 0.902. The predicted molar refractivity (Wildman–Crippen MR) is 71.4 cm³/mol. The van der Waals surface area contributed by atoms with Crippen LogP contribution in [0.25, 0.3) is 11.3 Å². The van der Waals surface area contributed by atoms with Crippen LogP contribution in [0.15, 0.2) is 30.3 Å². The maximum Gasteiger partial charge on any atom is 0.223 e. The van der Waals surface area contributed by atoms with E-state index in [0.29, 0.717) is 5.95 Å². The summed E-state index contributed by atoms with van der Waals surface area (Å²) in [5.74, 6) is 0.664. The molecule has 0 fully saturated rings. The number of nitrogens with one attached hydrogen (secondary N) is 1. The Morgan fingerprint density at radius 2 is 1.88 bits per heavy atom. The van der Waals surface area contributed by atoms with Crippen molar-refractivity contribution in [2.45, 2.75) is 13.8 Å². The normalized spacial score (nSPS) is 10.3. The molecule has 0 aliphatic carbocycles. The molecule has 0 bridgehead atoms. The number of hydrogen-bond acceptors (Lipinski definition) is 3. The minimum Gasteiger partial charge on any atom is -0.354 e. The van der Waals surface area contributed by atoms with E-state index in [4.69, 9.17) is 11.6 Å². The number of benzene rings is 1. The zero-order chi connectivity index (χ0) is 12.3. The van der Waals surface area contributed by atoms with Crippen LogP contribution in [0.3, 0.4) is 0 Å². The topological polar surface area (TPSA) is 37.8 Å². The molecule has 88 valence electrons. The van der Waals surface area contributed by atoms with Gasteiger partial charge in [-0.1, -0.05) is 23.7 Å². The highest BCUT2D eigenvalue weighted by molar-refractivity contribution is 6.30. The molecule has 0 aliphatic rings. The molecule has 2 aromatic rings. The van der Waals surface area contributed by atoms with Crippen molar-refractivity contribution in [2.24, 2.45) is 0 Å². The van der Waals surface area contributed by atoms with Crippen LogP contribution in [0.5, 0.6) is 0 Å². The lowest BCUT2D eigenvalue weighted by atomic mass is 10.1. The van der Waals surface area contributed by atoms with Crippen LogP contribution in [0.2, 0.25) is 5.02 Å². The molecule has 1 aromatic carbocycles. The minimum atomic E-state index is 0.664. The van der Waals surface area contributed by atoms with E-state index in [2.05, 4.69) is 15.3 Å². The first-order chi connectivity index (χ1) is 8.19. The Kier molecular flexibility index (Phi) is 3.59. The highest BCUT2D eigenvalue weighted by Gasteiger charge is 2.03. The molecule has 0 saturated heterocycles. The number of aryl methyl sites for hydroxylation is 1. The summed E-state index contributed by atoms with van der Waals surface area (Å²) in [4.78, 5) is 8.78. The highest BCUT2D eigenvalue weighted by Crippen LogP contribution is 2.21. The van der Waals surface area contributed by atoms with Gasteiger partial charge >= 0.3 is 0 Å². The van der Waals surface area contributed by atoms with Crippen molar-refractivity contribution >= 4 is 17.5 Å². The third kappa shape index (κ3) is 2.94. The van der Waals surface area contributed by atoms with E-state index < -0.39 is 0 Å². The Balaban J connectivity index is 2.40. The Morgan fingerprint density at radius 1 is 1.18 bits per heavy atom. The van der Waals surface area contributed by atoms with Gasteiger partial charge in [0.1, 0.15) is 0 Å². The van der Waals surface area contributed by atoms with Crippen LogP contribution < -0.4 is 5.32 Å². The van der Waals surface area contributed by atoms with Gasteiger partial charge in [-0.05, 0) is 32.0 Å². The molecule has 1 N–H and O–H groups in total. The Hall–Kier alpha value is -1.61. The van der Waals surface area contributed by atoms with Crippen LogP contribution in [-0.2, 0) is 0 Å². The molecule has 2 rings (SSSR count). The monoisotopic (exact) mass is 247 g/mol. The molecular weight excluding hydrogens is 234 g/mol. The Morgan fingerprint density at radius 3 is 2.53 bits per heavy atom. The van der Waals surface area contributed by atoms with Gasteiger partial charge < -0.3 is 5.32 Å². The summed E-state index contributed by atoms with van der Waals surface area (Å²) in [5.41, 5.74) is 2.89. The van der Waals surface area contributed by atoms with Gasteiger partial charge in [-0.3, -0.25) is 0 Å². The van der Waals surface area contributed by atoms with Crippen LogP contribution in [0.4, 0.5) is 5.95 Å². The largest absolute Gasteiger partial charge is 0.354 e. The highest BCUT2D eigenvalue weighted by atomic mass is 35.5. The zero-order valence-electron chi connectivity index (χ0n) is 9.87. The first-order valence-corrected chi connectivity index (χ1v) is 5.92. The van der Waals surface area contributed by atoms with Crippen molar-refractivity contribution < 1.29 is 0 Å². The lowest BCUT2D eigenvalue weighted by Crippen LogP contribution is -2.03. The molecule has 1 heterocycles. The second kappa shape index (κ2) is 5.15. The zero-order valence-corrected chi connectivity index (χ0v) is 10.6. The average Bonchev–Trinajstić information content (AvgIpc) is 2.29. The summed E-state index contributed by atoms with van der Waals surface area (Å²) in [7, 11) is 0. The summed E-state index contributed by atoms with van der Waals surface area (Å²) in [6.07, 6.45) is 0. The molecular formula is C13H14ClN3. The van der Waals surface area contributed by atoms with Gasteiger partial charge in [0, 0.05) is 22.8 Å². The second-order valence-electron chi connectivity index (χ2n) is 3.76. The molecule has 0 radical (unpaired) electrons. The molecule has 0 aliphatic heterocycles. The SMILES string of the molecule is CCNc1nc(C)cc(-c2ccc(Cl)cc2)n1. The van der Waals surface area contributed by atoms with Crippen molar-refractivity contribution in [3.05, 3.63) is 41.0 Å². The van der Waals surface area contributed by atoms with Crippen molar-refractivity contribution in [2.75, 3.05) is 11.9 Å². The molecule has 1 aromatic heterocycles. The molecule has 4 heteroatoms. The van der Waals surface area contributed by atoms with Crippen LogP contribution >= 0.6 is 11.6 Å². The third-order valence-corrected chi connectivity index (χ3v) is 2.58. The van der Waals surface area contributed by atoms with Crippen molar-refractivity contribution in [3.8, 4) is 11.3 Å². The van der Waals surface area contributed by atoms with E-state index in [1.165, 1.54) is 0 Å². The third-order valence-electron chi connectivity index (χ3n) is 2.33. The fraction of sp³-hybridized carbons (Fsp3) is 0.231. The van der Waals surface area contributed by atoms with Gasteiger partial charge in [-0.15, -0.1) is 0 Å². The van der Waals surface area contributed by atoms with Gasteiger partial charge in [-0.2, -0.15) is 0 Å². The molecule has 0 atom stereocenters. The molecule has 17 heavy (non-hydrogen) atoms. The average molecular weight is 248 g/mol. The maximum atomic E-state index is 5.87. The van der Waals surface area contributed by atoms with E-state index >= 15 is 0 Å². The second-order valence-corrected chi connectivity index (χ2v) is 4.19. The van der Waals surface area contributed by atoms with Gasteiger partial charge in [0.15, 0.2) is 0 Å². The lowest BCUT2D eigenvalue weighted by molar-refractivity contribution is 1.06. The number of anilines is 1. The summed E-state index contributed by atoms with van der Waals surface area (Å²) >= 11 is 5.87. The summed E-state index contributed by atoms with van der Waals surface area (Å²) in [6.45, 7) is 4.79. The number of nitrogens with zero attached hydrogens (tertiary/aromatic N) is 2. The summed E-state index contributed by atoms with van der Waals surface area (Å²) in [6, 6.07) is 9.60. The van der Waals surface area contributed by atoms with E-state index in [-0.39, 0.29) is 0 Å². The lowest BCUT2D eigenvalue weighted by Gasteiger charge is -2.06. The van der Waals surface area contributed by atoms with E-state index in [1.807, 2.05) is 44.2 Å². The Bertz CT molecular complexity index is 509. The number of halogens is 1. The van der Waals surface area contributed by atoms with Crippen molar-refractivity contribution in [1.29, 1.82) is 0 Å². The summed E-state index contributed by atoms with van der Waals surface area (Å²) < 4.78 is 0.